The van der Waals surface area contributed by atoms with Crippen molar-refractivity contribution in [1.29, 1.82) is 0 Å². The molecule has 3 rings (SSSR count). The van der Waals surface area contributed by atoms with Crippen molar-refractivity contribution in [2.24, 2.45) is 0 Å². The van der Waals surface area contributed by atoms with E-state index in [4.69, 9.17) is 0 Å². The van der Waals surface area contributed by atoms with Gasteiger partial charge in [0.05, 0.1) is 5.69 Å². The molecule has 0 saturated heterocycles. The fourth-order valence-electron chi connectivity index (χ4n) is 2.13. The molecule has 0 N–H and O–H groups in total. The molecule has 0 amide bonds. The minimum atomic E-state index is 0.454. The molecule has 0 atom stereocenters. The Kier molecular flexibility index (Phi) is 2.59. The Morgan fingerprint density at radius 1 is 0.833 bits per heavy atom. The van der Waals surface area contributed by atoms with Gasteiger partial charge in [0.2, 0.25) is 0 Å². The molecule has 0 bridgehead atoms. The molecule has 0 aliphatic carbocycles. The third-order valence-corrected chi connectivity index (χ3v) is 3.06. The van der Waals surface area contributed by atoms with E-state index in [9.17, 15) is 0 Å². The van der Waals surface area contributed by atoms with Crippen LogP contribution in [0.3, 0.4) is 0 Å². The largest absolute Gasteiger partial charge is 0.150 e. The smallest absolute Gasteiger partial charge is 0.113 e. The maximum absolute atomic E-state index is 4.53. The maximum atomic E-state index is 4.53. The van der Waals surface area contributed by atoms with E-state index in [1.165, 1.54) is 5.56 Å². The summed E-state index contributed by atoms with van der Waals surface area (Å²) in [5, 5.41) is 9.06. The standard InChI is InChI=1S/C15H15N3/c1-11(2)12-7-3-6-10-15(12)18-16-13-8-4-5-9-14(13)17-18/h3-11H,1-2H3. The fraction of sp³-hybridized carbons (Fsp3) is 0.200. The lowest BCUT2D eigenvalue weighted by Gasteiger charge is -2.10. The van der Waals surface area contributed by atoms with Gasteiger partial charge in [-0.15, -0.1) is 10.2 Å². The zero-order chi connectivity index (χ0) is 12.5. The van der Waals surface area contributed by atoms with E-state index in [-0.39, 0.29) is 0 Å². The Hall–Kier alpha value is -2.16. The van der Waals surface area contributed by atoms with E-state index >= 15 is 0 Å². The molecule has 18 heavy (non-hydrogen) atoms. The minimum absolute atomic E-state index is 0.454. The van der Waals surface area contributed by atoms with Crippen LogP contribution in [-0.2, 0) is 0 Å². The topological polar surface area (TPSA) is 30.7 Å². The predicted molar refractivity (Wildman–Crippen MR) is 73.0 cm³/mol. The van der Waals surface area contributed by atoms with Gasteiger partial charge in [0.15, 0.2) is 0 Å². The molecular formula is C15H15N3. The van der Waals surface area contributed by atoms with Crippen molar-refractivity contribution in [2.75, 3.05) is 0 Å². The second-order valence-electron chi connectivity index (χ2n) is 4.69. The summed E-state index contributed by atoms with van der Waals surface area (Å²) >= 11 is 0. The average Bonchev–Trinajstić information content (AvgIpc) is 2.82. The molecule has 0 saturated carbocycles. The summed E-state index contributed by atoms with van der Waals surface area (Å²) in [6.07, 6.45) is 0. The van der Waals surface area contributed by atoms with Crippen LogP contribution in [0.4, 0.5) is 0 Å². The van der Waals surface area contributed by atoms with Crippen LogP contribution in [0.2, 0.25) is 0 Å². The predicted octanol–water partition coefficient (Wildman–Crippen LogP) is 3.54. The van der Waals surface area contributed by atoms with Crippen LogP contribution >= 0.6 is 0 Å². The number of fused-ring (bicyclic) bond motifs is 1. The van der Waals surface area contributed by atoms with Crippen LogP contribution in [0.5, 0.6) is 0 Å². The molecule has 0 aliphatic rings. The van der Waals surface area contributed by atoms with Crippen molar-refractivity contribution in [2.45, 2.75) is 19.8 Å². The van der Waals surface area contributed by atoms with Crippen molar-refractivity contribution in [1.82, 2.24) is 15.0 Å². The highest BCUT2D eigenvalue weighted by atomic mass is 15.5. The Bertz CT molecular complexity index is 650. The molecule has 90 valence electrons. The first kappa shape index (κ1) is 11.0. The summed E-state index contributed by atoms with van der Waals surface area (Å²) in [7, 11) is 0. The highest BCUT2D eigenvalue weighted by Gasteiger charge is 2.10. The van der Waals surface area contributed by atoms with Gasteiger partial charge < -0.3 is 0 Å². The van der Waals surface area contributed by atoms with Crippen molar-refractivity contribution >= 4 is 11.0 Å². The highest BCUT2D eigenvalue weighted by molar-refractivity contribution is 5.73. The lowest BCUT2D eigenvalue weighted by molar-refractivity contribution is 0.737. The lowest BCUT2D eigenvalue weighted by atomic mass is 10.0. The van der Waals surface area contributed by atoms with E-state index < -0.39 is 0 Å². The number of hydrogen-bond donors (Lipinski definition) is 0. The Morgan fingerprint density at radius 2 is 1.39 bits per heavy atom. The van der Waals surface area contributed by atoms with E-state index in [2.05, 4.69) is 42.2 Å². The van der Waals surface area contributed by atoms with Crippen LogP contribution < -0.4 is 0 Å². The van der Waals surface area contributed by atoms with Gasteiger partial charge in [-0.25, -0.2) is 0 Å². The molecule has 3 nitrogen and oxygen atoms in total. The lowest BCUT2D eigenvalue weighted by Crippen LogP contribution is -2.04. The van der Waals surface area contributed by atoms with E-state index in [0.29, 0.717) is 5.92 Å². The van der Waals surface area contributed by atoms with Gasteiger partial charge in [-0.3, -0.25) is 0 Å². The molecule has 3 heteroatoms. The molecular weight excluding hydrogens is 222 g/mol. The third kappa shape index (κ3) is 1.78. The van der Waals surface area contributed by atoms with Gasteiger partial charge in [0.25, 0.3) is 0 Å². The second kappa shape index (κ2) is 4.26. The van der Waals surface area contributed by atoms with Crippen molar-refractivity contribution < 1.29 is 0 Å². The van der Waals surface area contributed by atoms with Gasteiger partial charge in [-0.1, -0.05) is 44.2 Å². The monoisotopic (exact) mass is 237 g/mol. The summed E-state index contributed by atoms with van der Waals surface area (Å²) in [5.74, 6) is 0.454. The number of rotatable bonds is 2. The zero-order valence-corrected chi connectivity index (χ0v) is 10.5. The van der Waals surface area contributed by atoms with E-state index in [1.807, 2.05) is 30.3 Å². The summed E-state index contributed by atoms with van der Waals surface area (Å²) in [6, 6.07) is 16.2. The summed E-state index contributed by atoms with van der Waals surface area (Å²) in [4.78, 5) is 1.74. The first-order valence-electron chi connectivity index (χ1n) is 6.17. The van der Waals surface area contributed by atoms with Crippen molar-refractivity contribution in [3.8, 4) is 5.69 Å². The maximum Gasteiger partial charge on any atom is 0.113 e. The summed E-state index contributed by atoms with van der Waals surface area (Å²) in [5.41, 5.74) is 4.17. The Balaban J connectivity index is 2.20. The minimum Gasteiger partial charge on any atom is -0.150 e. The summed E-state index contributed by atoms with van der Waals surface area (Å²) in [6.45, 7) is 4.37. The fourth-order valence-corrected chi connectivity index (χ4v) is 2.13. The van der Waals surface area contributed by atoms with Gasteiger partial charge in [-0.05, 0) is 29.7 Å². The highest BCUT2D eigenvalue weighted by Crippen LogP contribution is 2.22. The molecule has 1 heterocycles. The molecule has 0 radical (unpaired) electrons. The summed E-state index contributed by atoms with van der Waals surface area (Å²) < 4.78 is 0. The first-order valence-corrected chi connectivity index (χ1v) is 6.17. The van der Waals surface area contributed by atoms with Crippen LogP contribution in [-0.4, -0.2) is 15.0 Å². The molecule has 1 aromatic heterocycles. The average molecular weight is 237 g/mol. The van der Waals surface area contributed by atoms with Crippen molar-refractivity contribution in [3.05, 3.63) is 54.1 Å². The zero-order valence-electron chi connectivity index (χ0n) is 10.5. The molecule has 0 aliphatic heterocycles. The first-order chi connectivity index (χ1) is 8.75. The number of hydrogen-bond acceptors (Lipinski definition) is 2. The molecule has 0 unspecified atom stereocenters. The molecule has 3 aromatic rings. The number of benzene rings is 2. The quantitative estimate of drug-likeness (QED) is 0.682. The molecule has 0 fully saturated rings. The third-order valence-electron chi connectivity index (χ3n) is 3.06. The number of para-hydroxylation sites is 1. The van der Waals surface area contributed by atoms with Crippen LogP contribution in [0.1, 0.15) is 25.3 Å². The Morgan fingerprint density at radius 3 is 2.00 bits per heavy atom. The van der Waals surface area contributed by atoms with Gasteiger partial charge in [0, 0.05) is 0 Å². The van der Waals surface area contributed by atoms with Crippen LogP contribution in [0, 0.1) is 0 Å². The van der Waals surface area contributed by atoms with Gasteiger partial charge >= 0.3 is 0 Å². The molecule has 0 spiro atoms. The molecule has 2 aromatic carbocycles. The SMILES string of the molecule is CC(C)c1ccccc1-n1nc2ccccc2n1. The van der Waals surface area contributed by atoms with Crippen molar-refractivity contribution in [3.63, 3.8) is 0 Å². The number of aromatic nitrogens is 3. The van der Waals surface area contributed by atoms with Gasteiger partial charge in [0.1, 0.15) is 11.0 Å². The van der Waals surface area contributed by atoms with Crippen LogP contribution in [0.15, 0.2) is 48.5 Å². The van der Waals surface area contributed by atoms with Gasteiger partial charge in [-0.2, -0.15) is 4.80 Å². The van der Waals surface area contributed by atoms with Crippen LogP contribution in [0.25, 0.3) is 16.7 Å². The second-order valence-corrected chi connectivity index (χ2v) is 4.69. The normalized spacial score (nSPS) is 11.3. The van der Waals surface area contributed by atoms with E-state index in [1.54, 1.807) is 4.80 Å². The number of nitrogens with zero attached hydrogens (tertiary/aromatic N) is 3. The Labute approximate surface area is 106 Å². The van der Waals surface area contributed by atoms with E-state index in [0.717, 1.165) is 16.7 Å².